The van der Waals surface area contributed by atoms with E-state index in [9.17, 15) is 14.4 Å². The number of nitrogens with zero attached hydrogens (tertiary/aromatic N) is 1. The van der Waals surface area contributed by atoms with Gasteiger partial charge in [0.1, 0.15) is 5.69 Å². The maximum Gasteiger partial charge on any atom is 0.355 e. The number of rotatable bonds is 5. The normalized spacial score (nSPS) is 11.7. The fourth-order valence-corrected chi connectivity index (χ4v) is 2.63. The zero-order chi connectivity index (χ0) is 18.7. The predicted octanol–water partition coefficient (Wildman–Crippen LogP) is 3.72. The lowest BCUT2D eigenvalue weighted by Gasteiger charge is -2.14. The smallest absolute Gasteiger partial charge is 0.355 e. The summed E-state index contributed by atoms with van der Waals surface area (Å²) in [6, 6.07) is 6.00. The Hall–Kier alpha value is -2.31. The Morgan fingerprint density at radius 2 is 1.72 bits per heavy atom. The molecule has 0 radical (unpaired) electrons. The van der Waals surface area contributed by atoms with Crippen molar-refractivity contribution in [2.75, 3.05) is 5.32 Å². The van der Waals surface area contributed by atoms with Crippen molar-refractivity contribution < 1.29 is 19.1 Å². The molecule has 0 aliphatic carbocycles. The number of ether oxygens (including phenoxy) is 1. The Labute approximate surface area is 154 Å². The van der Waals surface area contributed by atoms with Crippen molar-refractivity contribution in [3.05, 3.63) is 51.8 Å². The molecular formula is C17H16Cl2N2O4. The number of amides is 1. The molecule has 1 N–H and O–H groups in total. The first-order chi connectivity index (χ1) is 11.7. The summed E-state index contributed by atoms with van der Waals surface area (Å²) in [5.41, 5.74) is 0.957. The van der Waals surface area contributed by atoms with E-state index in [2.05, 4.69) is 5.32 Å². The molecule has 0 saturated heterocycles. The maximum atomic E-state index is 12.2. The number of halogens is 2. The Morgan fingerprint density at radius 3 is 2.24 bits per heavy atom. The highest BCUT2D eigenvalue weighted by Crippen LogP contribution is 2.22. The van der Waals surface area contributed by atoms with E-state index < -0.39 is 18.0 Å². The molecule has 25 heavy (non-hydrogen) atoms. The van der Waals surface area contributed by atoms with Gasteiger partial charge >= 0.3 is 5.97 Å². The van der Waals surface area contributed by atoms with Crippen LogP contribution in [-0.4, -0.2) is 28.3 Å². The summed E-state index contributed by atoms with van der Waals surface area (Å²) in [5, 5.41) is 3.31. The molecule has 6 nitrogen and oxygen atoms in total. The Kier molecular flexibility index (Phi) is 5.87. The second-order valence-corrected chi connectivity index (χ2v) is 6.35. The second-order valence-electron chi connectivity index (χ2n) is 5.48. The molecule has 2 aromatic rings. The van der Waals surface area contributed by atoms with Crippen LogP contribution in [0, 0.1) is 0 Å². The molecule has 0 spiro atoms. The van der Waals surface area contributed by atoms with Gasteiger partial charge in [0.15, 0.2) is 11.9 Å². The Morgan fingerprint density at radius 1 is 1.12 bits per heavy atom. The molecule has 1 heterocycles. The minimum absolute atomic E-state index is 0.168. The van der Waals surface area contributed by atoms with E-state index in [4.69, 9.17) is 27.9 Å². The van der Waals surface area contributed by atoms with Crippen LogP contribution in [-0.2, 0) is 16.6 Å². The lowest BCUT2D eigenvalue weighted by atomic mass is 10.2. The number of ketones is 1. The topological polar surface area (TPSA) is 77.4 Å². The van der Waals surface area contributed by atoms with Crippen molar-refractivity contribution >= 4 is 46.5 Å². The minimum Gasteiger partial charge on any atom is -0.448 e. The van der Waals surface area contributed by atoms with Crippen LogP contribution in [0.4, 0.5) is 5.69 Å². The average molecular weight is 383 g/mol. The van der Waals surface area contributed by atoms with Crippen LogP contribution in [0.25, 0.3) is 0 Å². The van der Waals surface area contributed by atoms with Gasteiger partial charge in [-0.3, -0.25) is 9.59 Å². The van der Waals surface area contributed by atoms with Crippen LogP contribution >= 0.6 is 23.2 Å². The quantitative estimate of drug-likeness (QED) is 0.631. The van der Waals surface area contributed by atoms with Crippen molar-refractivity contribution in [3.8, 4) is 0 Å². The van der Waals surface area contributed by atoms with Crippen molar-refractivity contribution in [2.24, 2.45) is 7.05 Å². The number of anilines is 1. The van der Waals surface area contributed by atoms with Crippen molar-refractivity contribution in [3.63, 3.8) is 0 Å². The summed E-state index contributed by atoms with van der Waals surface area (Å²) >= 11 is 11.7. The number of aromatic nitrogens is 1. The van der Waals surface area contributed by atoms with E-state index >= 15 is 0 Å². The minimum atomic E-state index is -1.05. The molecule has 0 fully saturated rings. The molecule has 0 aliphatic heterocycles. The maximum absolute atomic E-state index is 12.2. The van der Waals surface area contributed by atoms with Gasteiger partial charge in [-0.25, -0.2) is 4.79 Å². The molecule has 2 rings (SSSR count). The fraction of sp³-hybridized carbons (Fsp3) is 0.235. The summed E-state index contributed by atoms with van der Waals surface area (Å²) in [4.78, 5) is 35.7. The average Bonchev–Trinajstić information content (AvgIpc) is 2.88. The van der Waals surface area contributed by atoms with E-state index in [1.54, 1.807) is 7.05 Å². The van der Waals surface area contributed by atoms with Crippen molar-refractivity contribution in [2.45, 2.75) is 20.0 Å². The Bertz CT molecular complexity index is 825. The zero-order valence-corrected chi connectivity index (χ0v) is 15.3. The van der Waals surface area contributed by atoms with Crippen molar-refractivity contribution in [1.29, 1.82) is 0 Å². The van der Waals surface area contributed by atoms with Gasteiger partial charge in [0.25, 0.3) is 5.91 Å². The molecule has 1 atom stereocenters. The predicted molar refractivity (Wildman–Crippen MR) is 95.4 cm³/mol. The summed E-state index contributed by atoms with van der Waals surface area (Å²) in [5.74, 6) is -1.41. The first-order valence-electron chi connectivity index (χ1n) is 7.32. The van der Waals surface area contributed by atoms with Gasteiger partial charge in [-0.05, 0) is 38.1 Å². The van der Waals surface area contributed by atoms with E-state index in [0.29, 0.717) is 21.3 Å². The van der Waals surface area contributed by atoms with Crippen LogP contribution in [0.5, 0.6) is 0 Å². The van der Waals surface area contributed by atoms with E-state index in [1.807, 2.05) is 0 Å². The molecule has 0 bridgehead atoms. The van der Waals surface area contributed by atoms with Crippen LogP contribution < -0.4 is 5.32 Å². The van der Waals surface area contributed by atoms with Gasteiger partial charge in [-0.2, -0.15) is 0 Å². The monoisotopic (exact) mass is 382 g/mol. The number of benzene rings is 1. The highest BCUT2D eigenvalue weighted by atomic mass is 35.5. The number of esters is 1. The molecule has 132 valence electrons. The number of nitrogens with one attached hydrogen (secondary N) is 1. The van der Waals surface area contributed by atoms with E-state index in [0.717, 1.165) is 0 Å². The summed E-state index contributed by atoms with van der Waals surface area (Å²) < 4.78 is 6.63. The molecule has 8 heteroatoms. The Balaban J connectivity index is 2.05. The van der Waals surface area contributed by atoms with E-state index in [-0.39, 0.29) is 11.5 Å². The standard InChI is InChI=1S/C17H16Cl2N2O4/c1-9(22)11-4-15(21(3)8-11)17(24)25-10(2)16(23)20-14-6-12(18)5-13(19)7-14/h4-8,10H,1-3H3,(H,20,23)/t10-/m1/s1. The second kappa shape index (κ2) is 7.72. The van der Waals surface area contributed by atoms with E-state index in [1.165, 1.54) is 48.9 Å². The van der Waals surface area contributed by atoms with Gasteiger partial charge < -0.3 is 14.6 Å². The summed E-state index contributed by atoms with van der Waals surface area (Å²) in [6.07, 6.45) is 0.471. The van der Waals surface area contributed by atoms with Crippen LogP contribution in [0.15, 0.2) is 30.5 Å². The van der Waals surface area contributed by atoms with Crippen LogP contribution in [0.2, 0.25) is 10.0 Å². The number of Topliss-reactive ketones (excluding diaryl/α,β-unsaturated/α-hetero) is 1. The lowest BCUT2D eigenvalue weighted by Crippen LogP contribution is -2.30. The van der Waals surface area contributed by atoms with Crippen LogP contribution in [0.3, 0.4) is 0 Å². The molecule has 0 unspecified atom stereocenters. The van der Waals surface area contributed by atoms with Crippen LogP contribution in [0.1, 0.15) is 34.7 Å². The lowest BCUT2D eigenvalue weighted by molar-refractivity contribution is -0.123. The number of hydrogen-bond acceptors (Lipinski definition) is 4. The van der Waals surface area contributed by atoms with Gasteiger partial charge in [0.2, 0.25) is 0 Å². The largest absolute Gasteiger partial charge is 0.448 e. The SMILES string of the molecule is CC(=O)c1cc(C(=O)O[C@H](C)C(=O)Nc2cc(Cl)cc(Cl)c2)n(C)c1. The van der Waals surface area contributed by atoms with Gasteiger partial charge in [-0.1, -0.05) is 23.2 Å². The first kappa shape index (κ1) is 19.0. The molecule has 0 saturated carbocycles. The molecular weight excluding hydrogens is 367 g/mol. The highest BCUT2D eigenvalue weighted by Gasteiger charge is 2.22. The molecule has 1 amide bonds. The summed E-state index contributed by atoms with van der Waals surface area (Å²) in [6.45, 7) is 2.84. The van der Waals surface area contributed by atoms with Gasteiger partial charge in [-0.15, -0.1) is 0 Å². The zero-order valence-electron chi connectivity index (χ0n) is 13.8. The summed E-state index contributed by atoms with van der Waals surface area (Å²) in [7, 11) is 1.61. The molecule has 1 aromatic heterocycles. The number of carbonyl (C=O) groups excluding carboxylic acids is 3. The highest BCUT2D eigenvalue weighted by molar-refractivity contribution is 6.35. The number of carbonyl (C=O) groups is 3. The molecule has 0 aliphatic rings. The van der Waals surface area contributed by atoms with Gasteiger partial charge in [0, 0.05) is 34.5 Å². The number of aryl methyl sites for hydroxylation is 1. The van der Waals surface area contributed by atoms with Gasteiger partial charge in [0.05, 0.1) is 0 Å². The third kappa shape index (κ3) is 4.84. The first-order valence-corrected chi connectivity index (χ1v) is 8.08. The fourth-order valence-electron chi connectivity index (χ4n) is 2.10. The molecule has 1 aromatic carbocycles. The third-order valence-corrected chi connectivity index (χ3v) is 3.84. The third-order valence-electron chi connectivity index (χ3n) is 3.40. The number of hydrogen-bond donors (Lipinski definition) is 1. The van der Waals surface area contributed by atoms with Crippen molar-refractivity contribution in [1.82, 2.24) is 4.57 Å².